The zero-order valence-electron chi connectivity index (χ0n) is 12.5. The Kier molecular flexibility index (Phi) is 4.52. The van der Waals surface area contributed by atoms with Gasteiger partial charge in [0, 0.05) is 0 Å². The van der Waals surface area contributed by atoms with Crippen molar-refractivity contribution in [1.82, 2.24) is 4.98 Å². The van der Waals surface area contributed by atoms with E-state index >= 15 is 0 Å². The SMILES string of the molecule is Cc1ccc(OCCC(=O)Nc2nc3ccc(F)cc3s2)cc1. The first-order chi connectivity index (χ1) is 11.1. The monoisotopic (exact) mass is 330 g/mol. The van der Waals surface area contributed by atoms with Gasteiger partial charge in [-0.25, -0.2) is 9.37 Å². The van der Waals surface area contributed by atoms with E-state index in [1.165, 1.54) is 23.5 Å². The van der Waals surface area contributed by atoms with Crippen LogP contribution in [0.25, 0.3) is 10.2 Å². The van der Waals surface area contributed by atoms with E-state index in [9.17, 15) is 9.18 Å². The van der Waals surface area contributed by atoms with Gasteiger partial charge < -0.3 is 10.1 Å². The largest absolute Gasteiger partial charge is 0.493 e. The fraction of sp³-hybridized carbons (Fsp3) is 0.176. The van der Waals surface area contributed by atoms with Crippen molar-refractivity contribution in [3.8, 4) is 5.75 Å². The average Bonchev–Trinajstić information content (AvgIpc) is 2.90. The van der Waals surface area contributed by atoms with Gasteiger partial charge in [0.2, 0.25) is 5.91 Å². The minimum absolute atomic E-state index is 0.184. The lowest BCUT2D eigenvalue weighted by molar-refractivity contribution is -0.116. The van der Waals surface area contributed by atoms with Gasteiger partial charge in [-0.15, -0.1) is 0 Å². The molecule has 0 fully saturated rings. The van der Waals surface area contributed by atoms with Gasteiger partial charge in [-0.3, -0.25) is 4.79 Å². The first-order valence-electron chi connectivity index (χ1n) is 7.15. The zero-order valence-corrected chi connectivity index (χ0v) is 13.3. The molecule has 3 rings (SSSR count). The molecule has 0 aliphatic carbocycles. The van der Waals surface area contributed by atoms with Crippen molar-refractivity contribution >= 4 is 32.6 Å². The number of carbonyl (C=O) groups is 1. The number of nitrogens with one attached hydrogen (secondary N) is 1. The summed E-state index contributed by atoms with van der Waals surface area (Å²) in [5, 5.41) is 3.18. The fourth-order valence-electron chi connectivity index (χ4n) is 2.03. The Balaban J connectivity index is 1.53. The summed E-state index contributed by atoms with van der Waals surface area (Å²) >= 11 is 1.25. The predicted octanol–water partition coefficient (Wildman–Crippen LogP) is 4.15. The maximum Gasteiger partial charge on any atom is 0.229 e. The minimum Gasteiger partial charge on any atom is -0.493 e. The van der Waals surface area contributed by atoms with Crippen LogP contribution in [0.4, 0.5) is 9.52 Å². The number of hydrogen-bond donors (Lipinski definition) is 1. The van der Waals surface area contributed by atoms with Crippen LogP contribution in [-0.2, 0) is 4.79 Å². The lowest BCUT2D eigenvalue weighted by Crippen LogP contribution is -2.15. The molecule has 2 aromatic carbocycles. The Morgan fingerprint density at radius 2 is 2.04 bits per heavy atom. The van der Waals surface area contributed by atoms with Gasteiger partial charge in [0.15, 0.2) is 5.13 Å². The average molecular weight is 330 g/mol. The maximum atomic E-state index is 13.1. The fourth-order valence-corrected chi connectivity index (χ4v) is 2.94. The lowest BCUT2D eigenvalue weighted by Gasteiger charge is -2.06. The first kappa shape index (κ1) is 15.4. The molecule has 1 aromatic heterocycles. The summed E-state index contributed by atoms with van der Waals surface area (Å²) in [5.74, 6) is 0.237. The Hall–Kier alpha value is -2.47. The molecule has 0 aliphatic rings. The molecule has 1 heterocycles. The summed E-state index contributed by atoms with van der Waals surface area (Å²) in [6.07, 6.45) is 0.220. The van der Waals surface area contributed by atoms with Crippen molar-refractivity contribution < 1.29 is 13.9 Å². The van der Waals surface area contributed by atoms with Crippen LogP contribution in [0, 0.1) is 12.7 Å². The smallest absolute Gasteiger partial charge is 0.229 e. The van der Waals surface area contributed by atoms with Crippen LogP contribution in [0.2, 0.25) is 0 Å². The number of rotatable bonds is 5. The highest BCUT2D eigenvalue weighted by molar-refractivity contribution is 7.22. The number of benzene rings is 2. The number of ether oxygens (including phenoxy) is 1. The maximum absolute atomic E-state index is 13.1. The molecule has 0 unspecified atom stereocenters. The van der Waals surface area contributed by atoms with Crippen LogP contribution in [0.3, 0.4) is 0 Å². The summed E-state index contributed by atoms with van der Waals surface area (Å²) in [6, 6.07) is 12.0. The van der Waals surface area contributed by atoms with Crippen molar-refractivity contribution in [2.24, 2.45) is 0 Å². The topological polar surface area (TPSA) is 51.2 Å². The molecule has 0 radical (unpaired) electrons. The molecule has 0 saturated heterocycles. The van der Waals surface area contributed by atoms with E-state index in [1.807, 2.05) is 31.2 Å². The van der Waals surface area contributed by atoms with E-state index < -0.39 is 0 Å². The normalized spacial score (nSPS) is 10.7. The van der Waals surface area contributed by atoms with Crippen molar-refractivity contribution in [1.29, 1.82) is 0 Å². The van der Waals surface area contributed by atoms with Gasteiger partial charge in [-0.2, -0.15) is 0 Å². The molecule has 1 N–H and O–H groups in total. The highest BCUT2D eigenvalue weighted by Gasteiger charge is 2.08. The Labute approximate surface area is 136 Å². The lowest BCUT2D eigenvalue weighted by atomic mass is 10.2. The van der Waals surface area contributed by atoms with E-state index in [4.69, 9.17) is 4.74 Å². The number of carbonyl (C=O) groups excluding carboxylic acids is 1. The second kappa shape index (κ2) is 6.75. The molecule has 1 amide bonds. The van der Waals surface area contributed by atoms with Gasteiger partial charge in [0.25, 0.3) is 0 Å². The summed E-state index contributed by atoms with van der Waals surface area (Å²) in [7, 11) is 0. The molecule has 0 atom stereocenters. The summed E-state index contributed by atoms with van der Waals surface area (Å²) < 4.78 is 19.4. The summed E-state index contributed by atoms with van der Waals surface area (Å²) in [5.41, 5.74) is 1.82. The summed E-state index contributed by atoms with van der Waals surface area (Å²) in [4.78, 5) is 16.2. The Bertz CT molecular complexity index is 830. The van der Waals surface area contributed by atoms with Crippen LogP contribution in [0.1, 0.15) is 12.0 Å². The van der Waals surface area contributed by atoms with Crippen molar-refractivity contribution in [2.75, 3.05) is 11.9 Å². The number of hydrogen-bond acceptors (Lipinski definition) is 4. The molecule has 23 heavy (non-hydrogen) atoms. The molecular weight excluding hydrogens is 315 g/mol. The van der Waals surface area contributed by atoms with E-state index in [2.05, 4.69) is 10.3 Å². The number of thiazole rings is 1. The number of amides is 1. The molecule has 0 aliphatic heterocycles. The zero-order chi connectivity index (χ0) is 16.2. The molecule has 4 nitrogen and oxygen atoms in total. The Morgan fingerprint density at radius 1 is 1.26 bits per heavy atom. The third-order valence-electron chi connectivity index (χ3n) is 3.22. The van der Waals surface area contributed by atoms with Crippen molar-refractivity contribution in [3.05, 3.63) is 53.8 Å². The third-order valence-corrected chi connectivity index (χ3v) is 4.15. The number of nitrogens with zero attached hydrogens (tertiary/aromatic N) is 1. The first-order valence-corrected chi connectivity index (χ1v) is 7.97. The highest BCUT2D eigenvalue weighted by atomic mass is 32.1. The molecule has 118 valence electrons. The molecule has 6 heteroatoms. The Morgan fingerprint density at radius 3 is 2.83 bits per heavy atom. The van der Waals surface area contributed by atoms with Crippen LogP contribution in [0.15, 0.2) is 42.5 Å². The van der Waals surface area contributed by atoms with Crippen LogP contribution in [0.5, 0.6) is 5.75 Å². The molecule has 3 aromatic rings. The van der Waals surface area contributed by atoms with Gasteiger partial charge in [0.1, 0.15) is 11.6 Å². The second-order valence-electron chi connectivity index (χ2n) is 5.09. The van der Waals surface area contributed by atoms with Crippen LogP contribution < -0.4 is 10.1 Å². The molecular formula is C17H15FN2O2S. The van der Waals surface area contributed by atoms with Gasteiger partial charge in [-0.1, -0.05) is 29.0 Å². The van der Waals surface area contributed by atoms with Crippen LogP contribution in [-0.4, -0.2) is 17.5 Å². The molecule has 0 saturated carbocycles. The predicted molar refractivity (Wildman–Crippen MR) is 89.5 cm³/mol. The van der Waals surface area contributed by atoms with Gasteiger partial charge in [-0.05, 0) is 37.3 Å². The number of anilines is 1. The standard InChI is InChI=1S/C17H15FN2O2S/c1-11-2-5-13(6-3-11)22-9-8-16(21)20-17-19-14-7-4-12(18)10-15(14)23-17/h2-7,10H,8-9H2,1H3,(H,19,20,21). The highest BCUT2D eigenvalue weighted by Crippen LogP contribution is 2.26. The third kappa shape index (κ3) is 4.04. The number of fused-ring (bicyclic) bond motifs is 1. The summed E-state index contributed by atoms with van der Waals surface area (Å²) in [6.45, 7) is 2.29. The number of halogens is 1. The van der Waals surface area contributed by atoms with E-state index in [1.54, 1.807) is 6.07 Å². The van der Waals surface area contributed by atoms with Crippen molar-refractivity contribution in [3.63, 3.8) is 0 Å². The van der Waals surface area contributed by atoms with E-state index in [0.717, 1.165) is 11.3 Å². The van der Waals surface area contributed by atoms with Gasteiger partial charge >= 0.3 is 0 Å². The minimum atomic E-state index is -0.314. The molecule has 0 spiro atoms. The van der Waals surface area contributed by atoms with E-state index in [-0.39, 0.29) is 24.8 Å². The van der Waals surface area contributed by atoms with Crippen LogP contribution >= 0.6 is 11.3 Å². The number of aryl methyl sites for hydroxylation is 1. The molecule has 0 bridgehead atoms. The van der Waals surface area contributed by atoms with Gasteiger partial charge in [0.05, 0.1) is 23.2 Å². The second-order valence-corrected chi connectivity index (χ2v) is 6.12. The van der Waals surface area contributed by atoms with Crippen molar-refractivity contribution in [2.45, 2.75) is 13.3 Å². The van der Waals surface area contributed by atoms with E-state index in [0.29, 0.717) is 15.3 Å². The quantitative estimate of drug-likeness (QED) is 0.764. The number of aromatic nitrogens is 1.